The third-order valence-corrected chi connectivity index (χ3v) is 13.8. The molecule has 0 radical (unpaired) electrons. The molecule has 4 heterocycles. The van der Waals surface area contributed by atoms with E-state index in [4.69, 9.17) is 4.74 Å². The summed E-state index contributed by atoms with van der Waals surface area (Å²) in [5, 5.41) is 12.4. The van der Waals surface area contributed by atoms with Gasteiger partial charge in [0.2, 0.25) is 17.7 Å². The minimum absolute atomic E-state index is 0.0773. The number of piperidine rings is 2. The van der Waals surface area contributed by atoms with Crippen molar-refractivity contribution in [2.24, 2.45) is 5.41 Å². The fourth-order valence-corrected chi connectivity index (χ4v) is 10.7. The van der Waals surface area contributed by atoms with E-state index in [2.05, 4.69) is 70.9 Å². The summed E-state index contributed by atoms with van der Waals surface area (Å²) < 4.78 is 6.50. The van der Waals surface area contributed by atoms with Crippen molar-refractivity contribution in [3.8, 4) is 11.5 Å². The van der Waals surface area contributed by atoms with E-state index in [1.165, 1.54) is 22.3 Å². The number of hydrogen-bond acceptors (Lipinski definition) is 8. The lowest BCUT2D eigenvalue weighted by Crippen LogP contribution is -2.54. The first kappa shape index (κ1) is 36.5. The second-order valence-corrected chi connectivity index (χ2v) is 17.3. The number of hydrogen-bond donors (Lipinski definition) is 2. The Kier molecular flexibility index (Phi) is 8.96. The Labute approximate surface area is 337 Å². The normalized spacial score (nSPS) is 24.0. The third-order valence-electron chi connectivity index (χ3n) is 13.8. The Morgan fingerprint density at radius 3 is 2.14 bits per heavy atom. The smallest absolute Gasteiger partial charge is 0.262 e. The fourth-order valence-electron chi connectivity index (χ4n) is 10.7. The van der Waals surface area contributed by atoms with Crippen LogP contribution in [-0.4, -0.2) is 81.1 Å². The quantitative estimate of drug-likeness (QED) is 0.224. The van der Waals surface area contributed by atoms with Crippen LogP contribution in [0.15, 0.2) is 84.9 Å². The molecule has 11 heteroatoms. The molecule has 2 aliphatic carbocycles. The SMILES string of the molecule is O=C1CCC(N2C(=O)c3cc4c(cc3C2=O)CN(CC(=O)N2CCC3(CC2)CC(Oc2ccc([C@@H]5c6ccc(O)cc6CC[C@@H]5c5ccccc5)cc2)C3)C4)C(=O)N1. The van der Waals surface area contributed by atoms with Gasteiger partial charge in [0.05, 0.1) is 23.8 Å². The molecule has 11 nitrogen and oxygen atoms in total. The van der Waals surface area contributed by atoms with Crippen molar-refractivity contribution in [1.82, 2.24) is 20.0 Å². The van der Waals surface area contributed by atoms with E-state index in [1.807, 2.05) is 11.0 Å². The molecule has 2 N–H and O–H groups in total. The molecule has 1 unspecified atom stereocenters. The van der Waals surface area contributed by atoms with Gasteiger partial charge in [-0.2, -0.15) is 0 Å². The molecule has 6 aliphatic rings. The number of carbonyl (C=O) groups excluding carboxylic acids is 5. The van der Waals surface area contributed by atoms with Crippen LogP contribution in [0.4, 0.5) is 0 Å². The Morgan fingerprint density at radius 2 is 1.47 bits per heavy atom. The number of fused-ring (bicyclic) bond motifs is 3. The molecule has 4 aromatic carbocycles. The van der Waals surface area contributed by atoms with Crippen molar-refractivity contribution in [3.63, 3.8) is 0 Å². The summed E-state index contributed by atoms with van der Waals surface area (Å²) in [6, 6.07) is 27.7. The van der Waals surface area contributed by atoms with Crippen molar-refractivity contribution in [2.75, 3.05) is 19.6 Å². The maximum absolute atomic E-state index is 13.5. The molecule has 0 aromatic heterocycles. The van der Waals surface area contributed by atoms with Crippen molar-refractivity contribution >= 4 is 29.5 Å². The van der Waals surface area contributed by atoms with Crippen molar-refractivity contribution < 1.29 is 33.8 Å². The van der Waals surface area contributed by atoms with Crippen LogP contribution in [0.5, 0.6) is 11.5 Å². The topological polar surface area (TPSA) is 137 Å². The Hall–Kier alpha value is -5.81. The van der Waals surface area contributed by atoms with E-state index in [0.717, 1.165) is 73.4 Å². The predicted molar refractivity (Wildman–Crippen MR) is 213 cm³/mol. The van der Waals surface area contributed by atoms with Gasteiger partial charge in [0.1, 0.15) is 17.5 Å². The molecule has 1 spiro atoms. The van der Waals surface area contributed by atoms with Gasteiger partial charge in [-0.05, 0) is 126 Å². The van der Waals surface area contributed by atoms with Crippen molar-refractivity contribution in [3.05, 3.63) is 129 Å². The predicted octanol–water partition coefficient (Wildman–Crippen LogP) is 5.82. The highest BCUT2D eigenvalue weighted by atomic mass is 16.5. The summed E-state index contributed by atoms with van der Waals surface area (Å²) in [6.07, 6.45) is 6.19. The number of phenolic OH excluding ortho intramolecular Hbond substituents is 1. The summed E-state index contributed by atoms with van der Waals surface area (Å²) in [5.41, 5.74) is 7.64. The zero-order valence-corrected chi connectivity index (χ0v) is 32.3. The number of ether oxygens (including phenoxy) is 1. The average Bonchev–Trinajstić information content (AvgIpc) is 3.72. The first-order valence-corrected chi connectivity index (χ1v) is 20.6. The molecular weight excluding hydrogens is 733 g/mol. The van der Waals surface area contributed by atoms with Gasteiger partial charge in [0, 0.05) is 38.5 Å². The maximum Gasteiger partial charge on any atom is 0.262 e. The van der Waals surface area contributed by atoms with Crippen LogP contribution in [0, 0.1) is 5.41 Å². The molecule has 58 heavy (non-hydrogen) atoms. The monoisotopic (exact) mass is 778 g/mol. The highest BCUT2D eigenvalue weighted by Crippen LogP contribution is 2.51. The Bertz CT molecular complexity index is 2300. The first-order chi connectivity index (χ1) is 28.1. The van der Waals surface area contributed by atoms with Gasteiger partial charge in [0.15, 0.2) is 0 Å². The van der Waals surface area contributed by atoms with Crippen LogP contribution in [0.25, 0.3) is 0 Å². The van der Waals surface area contributed by atoms with Crippen molar-refractivity contribution in [1.29, 1.82) is 0 Å². The van der Waals surface area contributed by atoms with Crippen LogP contribution in [0.3, 0.4) is 0 Å². The summed E-state index contributed by atoms with van der Waals surface area (Å²) in [7, 11) is 0. The standard InChI is InChI=1S/C47H46N4O7/c52-33-9-13-37-30(20-33)8-12-36(28-4-2-1-3-5-28)43(37)29-6-10-34(11-7-29)58-35-23-47(24-35)16-18-50(19-17-47)42(54)27-49-25-31-21-38-39(22-32(31)26-49)46(57)51(45(38)56)40-14-15-41(53)48-44(40)55/h1-7,9-11,13,20-22,35-36,40,43,52H,8,12,14-19,23-27H2,(H,48,53,55)/t36-,40?,43+/m1/s1. The number of rotatable bonds is 7. The van der Waals surface area contributed by atoms with E-state index in [9.17, 15) is 29.1 Å². The molecule has 10 rings (SSSR count). The molecule has 296 valence electrons. The number of likely N-dealkylation sites (tertiary alicyclic amines) is 1. The number of nitrogens with zero attached hydrogens (tertiary/aromatic N) is 3. The van der Waals surface area contributed by atoms with E-state index >= 15 is 0 Å². The number of aromatic hydroxyl groups is 1. The second kappa shape index (κ2) is 14.2. The van der Waals surface area contributed by atoms with Gasteiger partial charge in [-0.15, -0.1) is 0 Å². The fraction of sp³-hybridized carbons (Fsp3) is 0.383. The lowest BCUT2D eigenvalue weighted by atomic mass is 9.61. The lowest BCUT2D eigenvalue weighted by Gasteiger charge is -2.51. The van der Waals surface area contributed by atoms with Gasteiger partial charge >= 0.3 is 0 Å². The van der Waals surface area contributed by atoms with E-state index < -0.39 is 29.7 Å². The Morgan fingerprint density at radius 1 is 0.776 bits per heavy atom. The number of aryl methyl sites for hydroxylation is 1. The summed E-state index contributed by atoms with van der Waals surface area (Å²) in [5.74, 6) is -0.232. The van der Waals surface area contributed by atoms with Crippen LogP contribution >= 0.6 is 0 Å². The molecule has 4 aliphatic heterocycles. The summed E-state index contributed by atoms with van der Waals surface area (Å²) in [4.78, 5) is 69.2. The molecular formula is C47H46N4O7. The number of phenols is 1. The van der Waals surface area contributed by atoms with E-state index in [-0.39, 0.29) is 53.9 Å². The summed E-state index contributed by atoms with van der Waals surface area (Å²) >= 11 is 0. The third kappa shape index (κ3) is 6.45. The lowest BCUT2D eigenvalue weighted by molar-refractivity contribution is -0.138. The molecule has 5 amide bonds. The van der Waals surface area contributed by atoms with Crippen LogP contribution < -0.4 is 10.1 Å². The molecule has 3 atom stereocenters. The number of amides is 5. The van der Waals surface area contributed by atoms with Crippen LogP contribution in [0.1, 0.15) is 111 Å². The first-order valence-electron chi connectivity index (χ1n) is 20.6. The zero-order valence-electron chi connectivity index (χ0n) is 32.3. The number of benzene rings is 4. The van der Waals surface area contributed by atoms with Gasteiger partial charge in [-0.3, -0.25) is 39.1 Å². The van der Waals surface area contributed by atoms with Gasteiger partial charge in [-0.25, -0.2) is 0 Å². The zero-order chi connectivity index (χ0) is 39.7. The highest BCUT2D eigenvalue weighted by molar-refractivity contribution is 6.23. The van der Waals surface area contributed by atoms with E-state index in [1.54, 1.807) is 18.2 Å². The molecule has 1 saturated carbocycles. The van der Waals surface area contributed by atoms with Crippen LogP contribution in [0.2, 0.25) is 0 Å². The van der Waals surface area contributed by atoms with Crippen LogP contribution in [-0.2, 0) is 33.9 Å². The largest absolute Gasteiger partial charge is 0.508 e. The highest BCUT2D eigenvalue weighted by Gasteiger charge is 2.48. The number of carbonyl (C=O) groups is 5. The minimum atomic E-state index is -0.994. The summed E-state index contributed by atoms with van der Waals surface area (Å²) in [6.45, 7) is 2.70. The van der Waals surface area contributed by atoms with Crippen molar-refractivity contribution in [2.45, 2.75) is 88.4 Å². The molecule has 2 saturated heterocycles. The van der Waals surface area contributed by atoms with E-state index in [0.29, 0.717) is 24.8 Å². The molecule has 3 fully saturated rings. The minimum Gasteiger partial charge on any atom is -0.508 e. The maximum atomic E-state index is 13.5. The van der Waals surface area contributed by atoms with Gasteiger partial charge < -0.3 is 14.7 Å². The van der Waals surface area contributed by atoms with Gasteiger partial charge in [0.25, 0.3) is 11.8 Å². The number of imide groups is 2. The Balaban J connectivity index is 0.717. The number of nitrogens with one attached hydrogen (secondary N) is 1. The van der Waals surface area contributed by atoms with Gasteiger partial charge in [-0.1, -0.05) is 48.5 Å². The molecule has 0 bridgehead atoms. The molecule has 4 aromatic rings. The second-order valence-electron chi connectivity index (χ2n) is 17.3. The average molecular weight is 779 g/mol.